The van der Waals surface area contributed by atoms with E-state index in [-0.39, 0.29) is 16.4 Å². The first-order valence-corrected chi connectivity index (χ1v) is 9.35. The first-order chi connectivity index (χ1) is 13.4. The molecule has 0 radical (unpaired) electrons. The number of carbonyl (C=O) groups excluding carboxylic acids is 1. The minimum absolute atomic E-state index is 0.0994. The van der Waals surface area contributed by atoms with E-state index in [1.165, 1.54) is 18.2 Å². The van der Waals surface area contributed by atoms with Crippen molar-refractivity contribution in [1.29, 1.82) is 0 Å². The number of benzene rings is 3. The number of hydrogen-bond acceptors (Lipinski definition) is 4. The molecule has 0 saturated carbocycles. The van der Waals surface area contributed by atoms with Crippen LogP contribution in [-0.4, -0.2) is 21.9 Å². The number of phenols is 1. The molecule has 3 aromatic rings. The summed E-state index contributed by atoms with van der Waals surface area (Å²) in [6.45, 7) is 0. The molecule has 0 heterocycles. The molecule has 4 N–H and O–H groups in total. The van der Waals surface area contributed by atoms with Gasteiger partial charge >= 0.3 is 0 Å². The van der Waals surface area contributed by atoms with Crippen molar-refractivity contribution in [2.24, 2.45) is 0 Å². The average molecular weight is 419 g/mol. The predicted octanol–water partition coefficient (Wildman–Crippen LogP) is 4.49. The Morgan fingerprint density at radius 3 is 2.29 bits per heavy atom. The van der Waals surface area contributed by atoms with E-state index in [1.807, 2.05) is 24.3 Å². The molecule has 0 unspecified atom stereocenters. The van der Waals surface area contributed by atoms with Gasteiger partial charge in [-0.25, -0.2) is 0 Å². The normalized spacial score (nSPS) is 10.7. The molecule has 28 heavy (non-hydrogen) atoms. The van der Waals surface area contributed by atoms with E-state index < -0.39 is 11.7 Å². The summed E-state index contributed by atoms with van der Waals surface area (Å²) in [6.07, 6.45) is 0. The van der Waals surface area contributed by atoms with Crippen molar-refractivity contribution in [3.63, 3.8) is 0 Å². The number of thiocarbonyl (C=S) groups is 1. The zero-order valence-electron chi connectivity index (χ0n) is 14.3. The molecular formula is C19H15F2N3O2S2. The van der Waals surface area contributed by atoms with Gasteiger partial charge in [0.1, 0.15) is 5.75 Å². The monoisotopic (exact) mass is 419 g/mol. The molecule has 3 rings (SSSR count). The SMILES string of the molecule is O=C(NNC(=S)Nc1ccc(SC(F)F)cc1)c1cc2ccccc2cc1O. The molecule has 1 amide bonds. The largest absolute Gasteiger partial charge is 0.507 e. The highest BCUT2D eigenvalue weighted by atomic mass is 32.2. The third-order valence-corrected chi connectivity index (χ3v) is 4.66. The quantitative estimate of drug-likeness (QED) is 0.284. The van der Waals surface area contributed by atoms with Gasteiger partial charge in [-0.05, 0) is 59.4 Å². The Labute approximate surface area is 169 Å². The van der Waals surface area contributed by atoms with Crippen LogP contribution >= 0.6 is 24.0 Å². The van der Waals surface area contributed by atoms with Crippen LogP contribution in [0.3, 0.4) is 0 Å². The van der Waals surface area contributed by atoms with Crippen LogP contribution in [0.1, 0.15) is 10.4 Å². The van der Waals surface area contributed by atoms with Gasteiger partial charge in [0.05, 0.1) is 5.56 Å². The predicted molar refractivity (Wildman–Crippen MR) is 111 cm³/mol. The van der Waals surface area contributed by atoms with E-state index >= 15 is 0 Å². The van der Waals surface area contributed by atoms with Crippen molar-refractivity contribution in [3.05, 3.63) is 66.2 Å². The van der Waals surface area contributed by atoms with Crippen LogP contribution in [0.4, 0.5) is 14.5 Å². The number of fused-ring (bicyclic) bond motifs is 1. The molecule has 9 heteroatoms. The van der Waals surface area contributed by atoms with Gasteiger partial charge in [0.2, 0.25) is 0 Å². The van der Waals surface area contributed by atoms with E-state index in [2.05, 4.69) is 16.2 Å². The number of rotatable bonds is 4. The number of aromatic hydroxyl groups is 1. The number of anilines is 1. The molecule has 0 fully saturated rings. The second-order valence-corrected chi connectivity index (χ2v) is 7.12. The Hall–Kier alpha value is -2.91. The Bertz CT molecular complexity index is 1010. The molecule has 5 nitrogen and oxygen atoms in total. The van der Waals surface area contributed by atoms with Gasteiger partial charge in [-0.1, -0.05) is 36.0 Å². The number of thioether (sulfide) groups is 1. The van der Waals surface area contributed by atoms with E-state index in [1.54, 1.807) is 18.2 Å². The van der Waals surface area contributed by atoms with Crippen molar-refractivity contribution in [2.45, 2.75) is 10.7 Å². The number of carbonyl (C=O) groups is 1. The molecule has 0 spiro atoms. The maximum Gasteiger partial charge on any atom is 0.288 e. The van der Waals surface area contributed by atoms with Crippen molar-refractivity contribution >= 4 is 51.5 Å². The van der Waals surface area contributed by atoms with Crippen LogP contribution in [0.25, 0.3) is 10.8 Å². The fourth-order valence-electron chi connectivity index (χ4n) is 2.47. The summed E-state index contributed by atoms with van der Waals surface area (Å²) >= 11 is 5.54. The van der Waals surface area contributed by atoms with Crippen LogP contribution in [0, 0.1) is 0 Å². The molecule has 0 aliphatic rings. The summed E-state index contributed by atoms with van der Waals surface area (Å²) in [5.74, 6) is -3.19. The minimum Gasteiger partial charge on any atom is -0.507 e. The third-order valence-electron chi connectivity index (χ3n) is 3.74. The summed E-state index contributed by atoms with van der Waals surface area (Å²) in [4.78, 5) is 12.7. The van der Waals surface area contributed by atoms with Crippen molar-refractivity contribution in [3.8, 4) is 5.75 Å². The topological polar surface area (TPSA) is 73.4 Å². The number of halogens is 2. The summed E-state index contributed by atoms with van der Waals surface area (Å²) in [7, 11) is 0. The minimum atomic E-state index is -2.48. The highest BCUT2D eigenvalue weighted by Crippen LogP contribution is 2.26. The van der Waals surface area contributed by atoms with Crippen molar-refractivity contribution < 1.29 is 18.7 Å². The summed E-state index contributed by atoms with van der Waals surface area (Å²) in [6, 6.07) is 16.7. The molecule has 144 valence electrons. The number of phenolic OH excluding ortho intramolecular Hbond substituents is 1. The first-order valence-electron chi connectivity index (χ1n) is 8.06. The van der Waals surface area contributed by atoms with Crippen LogP contribution in [0.2, 0.25) is 0 Å². The lowest BCUT2D eigenvalue weighted by molar-refractivity contribution is 0.0941. The van der Waals surface area contributed by atoms with Gasteiger partial charge in [-0.3, -0.25) is 15.6 Å². The van der Waals surface area contributed by atoms with E-state index in [4.69, 9.17) is 12.2 Å². The van der Waals surface area contributed by atoms with Crippen LogP contribution in [0.15, 0.2) is 65.6 Å². The maximum atomic E-state index is 12.3. The Kier molecular flexibility index (Phi) is 6.27. The first kappa shape index (κ1) is 19.8. The van der Waals surface area contributed by atoms with E-state index in [0.29, 0.717) is 22.3 Å². The molecule has 0 aliphatic heterocycles. The van der Waals surface area contributed by atoms with Crippen LogP contribution in [0.5, 0.6) is 5.75 Å². The molecule has 0 bridgehead atoms. The fourth-order valence-corrected chi connectivity index (χ4v) is 3.14. The molecule has 0 atom stereocenters. The zero-order chi connectivity index (χ0) is 20.1. The van der Waals surface area contributed by atoms with Crippen LogP contribution < -0.4 is 16.2 Å². The highest BCUT2D eigenvalue weighted by molar-refractivity contribution is 7.99. The second kappa shape index (κ2) is 8.85. The lowest BCUT2D eigenvalue weighted by Gasteiger charge is -2.13. The third kappa shape index (κ3) is 5.08. The van der Waals surface area contributed by atoms with Crippen LogP contribution in [-0.2, 0) is 0 Å². The van der Waals surface area contributed by atoms with Gasteiger partial charge in [-0.2, -0.15) is 8.78 Å². The number of amides is 1. The van der Waals surface area contributed by atoms with Gasteiger partial charge in [-0.15, -0.1) is 0 Å². The number of alkyl halides is 2. The molecule has 0 aliphatic carbocycles. The lowest BCUT2D eigenvalue weighted by atomic mass is 10.1. The Morgan fingerprint density at radius 2 is 1.64 bits per heavy atom. The number of hydrazine groups is 1. The number of nitrogens with one attached hydrogen (secondary N) is 3. The summed E-state index contributed by atoms with van der Waals surface area (Å²) in [5, 5.41) is 14.6. The smallest absolute Gasteiger partial charge is 0.288 e. The summed E-state index contributed by atoms with van der Waals surface area (Å²) < 4.78 is 24.6. The van der Waals surface area contributed by atoms with Crippen molar-refractivity contribution in [2.75, 3.05) is 5.32 Å². The maximum absolute atomic E-state index is 12.3. The van der Waals surface area contributed by atoms with E-state index in [0.717, 1.165) is 10.8 Å². The zero-order valence-corrected chi connectivity index (χ0v) is 15.9. The van der Waals surface area contributed by atoms with Gasteiger partial charge in [0, 0.05) is 10.6 Å². The molecule has 0 saturated heterocycles. The number of hydrogen-bond donors (Lipinski definition) is 4. The van der Waals surface area contributed by atoms with Gasteiger partial charge in [0.15, 0.2) is 5.11 Å². The Morgan fingerprint density at radius 1 is 1.00 bits per heavy atom. The standard InChI is InChI=1S/C19H15F2N3O2S2/c20-18(21)28-14-7-5-13(6-8-14)22-19(27)24-23-17(26)15-9-11-3-1-2-4-12(11)10-16(15)25/h1-10,18,25H,(H,23,26)(H2,22,24,27). The second-order valence-electron chi connectivity index (χ2n) is 5.65. The Balaban J connectivity index is 1.58. The lowest BCUT2D eigenvalue weighted by Crippen LogP contribution is -2.43. The highest BCUT2D eigenvalue weighted by Gasteiger charge is 2.13. The van der Waals surface area contributed by atoms with Gasteiger partial charge < -0.3 is 10.4 Å². The van der Waals surface area contributed by atoms with Gasteiger partial charge in [0.25, 0.3) is 11.7 Å². The summed E-state index contributed by atoms with van der Waals surface area (Å²) in [5.41, 5.74) is 5.61. The van der Waals surface area contributed by atoms with E-state index in [9.17, 15) is 18.7 Å². The molecule has 0 aromatic heterocycles. The molecular weight excluding hydrogens is 404 g/mol. The fraction of sp³-hybridized carbons (Fsp3) is 0.0526. The molecule has 3 aromatic carbocycles. The average Bonchev–Trinajstić information content (AvgIpc) is 2.66. The van der Waals surface area contributed by atoms with Crippen molar-refractivity contribution in [1.82, 2.24) is 10.9 Å².